The first kappa shape index (κ1) is 22.4. The van der Waals surface area contributed by atoms with Crippen molar-refractivity contribution in [2.75, 3.05) is 20.1 Å². The Morgan fingerprint density at radius 1 is 1.17 bits per heavy atom. The van der Waals surface area contributed by atoms with Crippen LogP contribution in [0.5, 0.6) is 5.75 Å². The van der Waals surface area contributed by atoms with Crippen molar-refractivity contribution in [3.63, 3.8) is 0 Å². The number of likely N-dealkylation sites (N-methyl/N-ethyl adjacent to an activating group) is 1. The maximum atomic E-state index is 13.5. The van der Waals surface area contributed by atoms with E-state index in [-0.39, 0.29) is 18.6 Å². The van der Waals surface area contributed by atoms with Crippen LogP contribution in [0.25, 0.3) is 0 Å². The summed E-state index contributed by atoms with van der Waals surface area (Å²) in [6.45, 7) is 4.36. The summed E-state index contributed by atoms with van der Waals surface area (Å²) in [6.07, 6.45) is 0.786. The number of hydrogen-bond donors (Lipinski definition) is 2. The van der Waals surface area contributed by atoms with E-state index in [4.69, 9.17) is 10.5 Å². The molecule has 1 unspecified atom stereocenters. The number of halogens is 1. The molecule has 0 saturated carbocycles. The third kappa shape index (κ3) is 7.19. The molecular formula is C22H28FN3O3. The Morgan fingerprint density at radius 2 is 1.86 bits per heavy atom. The smallest absolute Gasteiger partial charge is 0.239 e. The minimum atomic E-state index is -0.884. The third-order valence-corrected chi connectivity index (χ3v) is 4.30. The predicted octanol–water partition coefficient (Wildman–Crippen LogP) is 2.43. The van der Waals surface area contributed by atoms with Gasteiger partial charge < -0.3 is 15.8 Å². The second kappa shape index (κ2) is 10.6. The first-order valence-corrected chi connectivity index (χ1v) is 9.53. The molecular weight excluding hydrogens is 373 g/mol. The van der Waals surface area contributed by atoms with Gasteiger partial charge in [0, 0.05) is 6.54 Å². The molecule has 2 aromatic carbocycles. The molecule has 0 aliphatic heterocycles. The molecule has 0 bridgehead atoms. The Labute approximate surface area is 170 Å². The van der Waals surface area contributed by atoms with E-state index in [0.29, 0.717) is 18.5 Å². The standard InChI is InChI=1S/C22H28FN3O3/c1-15(2)29-19-9-7-16(8-10-19)11-12-25-20(27)14-26(3)21(22(24)28)17-5-4-6-18(23)13-17/h4-10,13,15,21H,11-12,14H2,1-3H3,(H2,24,28)(H,25,27). The van der Waals surface area contributed by atoms with Crippen LogP contribution in [0.3, 0.4) is 0 Å². The van der Waals surface area contributed by atoms with E-state index in [1.807, 2.05) is 38.1 Å². The summed E-state index contributed by atoms with van der Waals surface area (Å²) >= 11 is 0. The summed E-state index contributed by atoms with van der Waals surface area (Å²) in [5, 5.41) is 2.83. The van der Waals surface area contributed by atoms with Crippen LogP contribution < -0.4 is 15.8 Å². The summed E-state index contributed by atoms with van der Waals surface area (Å²) in [5.74, 6) is -0.537. The highest BCUT2D eigenvalue weighted by Crippen LogP contribution is 2.19. The molecule has 2 aromatic rings. The molecule has 0 radical (unpaired) electrons. The fourth-order valence-corrected chi connectivity index (χ4v) is 3.04. The lowest BCUT2D eigenvalue weighted by Gasteiger charge is -2.25. The number of hydrogen-bond acceptors (Lipinski definition) is 4. The molecule has 2 amide bonds. The van der Waals surface area contributed by atoms with Crippen LogP contribution in [0.1, 0.15) is 31.0 Å². The molecule has 0 fully saturated rings. The van der Waals surface area contributed by atoms with Crippen molar-refractivity contribution in [2.24, 2.45) is 5.73 Å². The van der Waals surface area contributed by atoms with Crippen molar-refractivity contribution in [3.05, 3.63) is 65.5 Å². The van der Waals surface area contributed by atoms with E-state index in [1.165, 1.54) is 23.1 Å². The topological polar surface area (TPSA) is 84.7 Å². The van der Waals surface area contributed by atoms with Gasteiger partial charge in [-0.3, -0.25) is 14.5 Å². The van der Waals surface area contributed by atoms with Gasteiger partial charge in [0.2, 0.25) is 11.8 Å². The zero-order valence-electron chi connectivity index (χ0n) is 17.0. The monoisotopic (exact) mass is 401 g/mol. The molecule has 0 aromatic heterocycles. The van der Waals surface area contributed by atoms with E-state index >= 15 is 0 Å². The van der Waals surface area contributed by atoms with E-state index < -0.39 is 17.8 Å². The van der Waals surface area contributed by atoms with Gasteiger partial charge in [0.05, 0.1) is 12.6 Å². The van der Waals surface area contributed by atoms with Gasteiger partial charge in [0.1, 0.15) is 17.6 Å². The normalized spacial score (nSPS) is 12.1. The van der Waals surface area contributed by atoms with Crippen LogP contribution in [0.2, 0.25) is 0 Å². The third-order valence-electron chi connectivity index (χ3n) is 4.30. The Bertz CT molecular complexity index is 824. The Hall–Kier alpha value is -2.93. The molecule has 156 valence electrons. The predicted molar refractivity (Wildman–Crippen MR) is 110 cm³/mol. The van der Waals surface area contributed by atoms with Crippen LogP contribution in [-0.2, 0) is 16.0 Å². The van der Waals surface area contributed by atoms with Crippen LogP contribution in [0.15, 0.2) is 48.5 Å². The molecule has 2 rings (SSSR count). The number of carbonyl (C=O) groups excluding carboxylic acids is 2. The molecule has 6 nitrogen and oxygen atoms in total. The minimum Gasteiger partial charge on any atom is -0.491 e. The fourth-order valence-electron chi connectivity index (χ4n) is 3.04. The van der Waals surface area contributed by atoms with Crippen LogP contribution in [0.4, 0.5) is 4.39 Å². The summed E-state index contributed by atoms with van der Waals surface area (Å²) in [5.41, 5.74) is 6.96. The Balaban J connectivity index is 1.85. The largest absolute Gasteiger partial charge is 0.491 e. The lowest BCUT2D eigenvalue weighted by molar-refractivity contribution is -0.126. The number of carbonyl (C=O) groups is 2. The first-order valence-electron chi connectivity index (χ1n) is 9.53. The second-order valence-electron chi connectivity index (χ2n) is 7.19. The molecule has 0 heterocycles. The molecule has 0 spiro atoms. The highest BCUT2D eigenvalue weighted by Gasteiger charge is 2.24. The number of rotatable bonds is 10. The molecule has 3 N–H and O–H groups in total. The number of benzene rings is 2. The number of primary amides is 1. The molecule has 0 aliphatic carbocycles. The lowest BCUT2D eigenvalue weighted by atomic mass is 10.0. The molecule has 0 saturated heterocycles. The summed E-state index contributed by atoms with van der Waals surface area (Å²) in [6, 6.07) is 12.5. The number of nitrogens with two attached hydrogens (primary N) is 1. The SMILES string of the molecule is CC(C)Oc1ccc(CCNC(=O)CN(C)C(C(N)=O)c2cccc(F)c2)cc1. The maximum absolute atomic E-state index is 13.5. The highest BCUT2D eigenvalue weighted by atomic mass is 19.1. The van der Waals surface area contributed by atoms with Crippen molar-refractivity contribution in [1.29, 1.82) is 0 Å². The average Bonchev–Trinajstić information content (AvgIpc) is 2.62. The van der Waals surface area contributed by atoms with E-state index in [1.54, 1.807) is 13.1 Å². The second-order valence-corrected chi connectivity index (χ2v) is 7.19. The number of nitrogens with zero attached hydrogens (tertiary/aromatic N) is 1. The minimum absolute atomic E-state index is 0.0364. The quantitative estimate of drug-likeness (QED) is 0.640. The summed E-state index contributed by atoms with van der Waals surface area (Å²) in [7, 11) is 1.60. The Morgan fingerprint density at radius 3 is 2.45 bits per heavy atom. The molecule has 7 heteroatoms. The summed E-state index contributed by atoms with van der Waals surface area (Å²) in [4.78, 5) is 25.6. The number of amides is 2. The van der Waals surface area contributed by atoms with Gasteiger partial charge in [0.25, 0.3) is 0 Å². The molecule has 1 atom stereocenters. The van der Waals surface area contributed by atoms with E-state index in [9.17, 15) is 14.0 Å². The van der Waals surface area contributed by atoms with Crippen molar-refractivity contribution >= 4 is 11.8 Å². The number of ether oxygens (including phenoxy) is 1. The van der Waals surface area contributed by atoms with Gasteiger partial charge in [-0.25, -0.2) is 4.39 Å². The van der Waals surface area contributed by atoms with Gasteiger partial charge in [-0.1, -0.05) is 24.3 Å². The van der Waals surface area contributed by atoms with E-state index in [2.05, 4.69) is 5.32 Å². The Kier molecular flexibility index (Phi) is 8.15. The van der Waals surface area contributed by atoms with Gasteiger partial charge in [-0.2, -0.15) is 0 Å². The zero-order chi connectivity index (χ0) is 21.4. The van der Waals surface area contributed by atoms with Crippen LogP contribution in [-0.4, -0.2) is 43.0 Å². The zero-order valence-corrected chi connectivity index (χ0v) is 17.0. The fraction of sp³-hybridized carbons (Fsp3) is 0.364. The van der Waals surface area contributed by atoms with Gasteiger partial charge in [-0.15, -0.1) is 0 Å². The number of nitrogens with one attached hydrogen (secondary N) is 1. The average molecular weight is 401 g/mol. The van der Waals surface area contributed by atoms with Gasteiger partial charge in [-0.05, 0) is 62.7 Å². The van der Waals surface area contributed by atoms with Crippen molar-refractivity contribution < 1.29 is 18.7 Å². The van der Waals surface area contributed by atoms with Crippen molar-refractivity contribution in [1.82, 2.24) is 10.2 Å². The molecule has 29 heavy (non-hydrogen) atoms. The maximum Gasteiger partial charge on any atom is 0.239 e. The van der Waals surface area contributed by atoms with Crippen molar-refractivity contribution in [3.8, 4) is 5.75 Å². The van der Waals surface area contributed by atoms with E-state index in [0.717, 1.165) is 11.3 Å². The van der Waals surface area contributed by atoms with Crippen molar-refractivity contribution in [2.45, 2.75) is 32.4 Å². The highest BCUT2D eigenvalue weighted by molar-refractivity contribution is 5.83. The van der Waals surface area contributed by atoms with Gasteiger partial charge in [0.15, 0.2) is 0 Å². The van der Waals surface area contributed by atoms with Crippen LogP contribution >= 0.6 is 0 Å². The molecule has 0 aliphatic rings. The summed E-state index contributed by atoms with van der Waals surface area (Å²) < 4.78 is 19.1. The van der Waals surface area contributed by atoms with Crippen LogP contribution in [0, 0.1) is 5.82 Å². The lowest BCUT2D eigenvalue weighted by Crippen LogP contribution is -2.42. The first-order chi connectivity index (χ1) is 13.8. The van der Waals surface area contributed by atoms with Gasteiger partial charge >= 0.3 is 0 Å².